The molecular weight excluding hydrogens is 442 g/mol. The number of carbonyl (C=O) groups is 2. The normalized spacial score (nSPS) is 19.4. The predicted octanol–water partition coefficient (Wildman–Crippen LogP) is 2.74. The number of fused-ring (bicyclic) bond motifs is 1. The Labute approximate surface area is 194 Å². The zero-order valence-corrected chi connectivity index (χ0v) is 19.9. The molecule has 9 heteroatoms. The molecule has 8 nitrogen and oxygen atoms in total. The number of aryl methyl sites for hydroxylation is 2. The first kappa shape index (κ1) is 23.3. The van der Waals surface area contributed by atoms with E-state index in [2.05, 4.69) is 10.6 Å². The van der Waals surface area contributed by atoms with E-state index in [0.717, 1.165) is 11.1 Å². The standard InChI is InChI=1S/C24H29N3O5S/c1-15-6-4-5-7-19(15)14-25-24(29)18-8-10-27(11-9-18)33(30,31)22-13-21-20(12-16(22)2)26-23(28)17(3)32-21/h4-7,12-13,17-18H,8-11,14H2,1-3H3,(H,25,29)(H,26,28). The van der Waals surface area contributed by atoms with Crippen molar-refractivity contribution >= 4 is 27.5 Å². The molecule has 2 aliphatic heterocycles. The zero-order valence-electron chi connectivity index (χ0n) is 19.1. The monoisotopic (exact) mass is 471 g/mol. The van der Waals surface area contributed by atoms with Crippen LogP contribution < -0.4 is 15.4 Å². The van der Waals surface area contributed by atoms with E-state index < -0.39 is 16.1 Å². The number of ether oxygens (including phenoxy) is 1. The highest BCUT2D eigenvalue weighted by atomic mass is 32.2. The minimum atomic E-state index is -3.76. The Hall–Kier alpha value is -2.91. The first-order chi connectivity index (χ1) is 15.7. The van der Waals surface area contributed by atoms with Crippen molar-refractivity contribution in [3.05, 3.63) is 53.1 Å². The third-order valence-corrected chi connectivity index (χ3v) is 8.41. The largest absolute Gasteiger partial charge is 0.479 e. The summed E-state index contributed by atoms with van der Waals surface area (Å²) >= 11 is 0. The van der Waals surface area contributed by atoms with E-state index in [4.69, 9.17) is 4.74 Å². The Morgan fingerprint density at radius 2 is 1.85 bits per heavy atom. The molecular formula is C24H29N3O5S. The number of piperidine rings is 1. The molecule has 2 heterocycles. The average molecular weight is 472 g/mol. The van der Waals surface area contributed by atoms with Crippen molar-refractivity contribution in [2.45, 2.75) is 51.2 Å². The van der Waals surface area contributed by atoms with Gasteiger partial charge in [0.1, 0.15) is 5.75 Å². The number of anilines is 1. The lowest BCUT2D eigenvalue weighted by atomic mass is 9.97. The zero-order chi connectivity index (χ0) is 23.8. The van der Waals surface area contributed by atoms with Gasteiger partial charge in [-0.2, -0.15) is 4.31 Å². The first-order valence-electron chi connectivity index (χ1n) is 11.1. The van der Waals surface area contributed by atoms with Crippen LogP contribution in [0.3, 0.4) is 0 Å². The number of hydrogen-bond acceptors (Lipinski definition) is 5. The van der Waals surface area contributed by atoms with Crippen LogP contribution in [0.4, 0.5) is 5.69 Å². The molecule has 1 saturated heterocycles. The summed E-state index contributed by atoms with van der Waals surface area (Å²) in [5, 5.41) is 5.73. The van der Waals surface area contributed by atoms with Crippen molar-refractivity contribution in [2.24, 2.45) is 5.92 Å². The topological polar surface area (TPSA) is 105 Å². The van der Waals surface area contributed by atoms with Crippen molar-refractivity contribution in [1.29, 1.82) is 0 Å². The highest BCUT2D eigenvalue weighted by Crippen LogP contribution is 2.36. The van der Waals surface area contributed by atoms with Crippen molar-refractivity contribution in [1.82, 2.24) is 9.62 Å². The van der Waals surface area contributed by atoms with Crippen LogP contribution in [0, 0.1) is 19.8 Å². The van der Waals surface area contributed by atoms with E-state index in [1.165, 1.54) is 10.4 Å². The maximum absolute atomic E-state index is 13.3. The van der Waals surface area contributed by atoms with E-state index >= 15 is 0 Å². The minimum absolute atomic E-state index is 0.0432. The van der Waals surface area contributed by atoms with E-state index in [-0.39, 0.29) is 35.7 Å². The van der Waals surface area contributed by atoms with Gasteiger partial charge in [0.15, 0.2) is 6.10 Å². The number of benzene rings is 2. The summed E-state index contributed by atoms with van der Waals surface area (Å²) in [5.41, 5.74) is 3.20. The molecule has 2 aliphatic rings. The lowest BCUT2D eigenvalue weighted by molar-refractivity contribution is -0.126. The maximum atomic E-state index is 13.3. The van der Waals surface area contributed by atoms with Gasteiger partial charge in [0, 0.05) is 31.6 Å². The minimum Gasteiger partial charge on any atom is -0.479 e. The second-order valence-corrected chi connectivity index (χ2v) is 10.6. The van der Waals surface area contributed by atoms with Gasteiger partial charge in [-0.3, -0.25) is 9.59 Å². The number of hydrogen-bond donors (Lipinski definition) is 2. The first-order valence-corrected chi connectivity index (χ1v) is 12.6. The van der Waals surface area contributed by atoms with Gasteiger partial charge in [-0.1, -0.05) is 24.3 Å². The molecule has 33 heavy (non-hydrogen) atoms. The molecule has 176 valence electrons. The van der Waals surface area contributed by atoms with Gasteiger partial charge >= 0.3 is 0 Å². The van der Waals surface area contributed by atoms with Gasteiger partial charge < -0.3 is 15.4 Å². The van der Waals surface area contributed by atoms with Crippen LogP contribution in [0.25, 0.3) is 0 Å². The molecule has 0 radical (unpaired) electrons. The van der Waals surface area contributed by atoms with Crippen molar-refractivity contribution in [3.63, 3.8) is 0 Å². The molecule has 0 aromatic heterocycles. The Bertz CT molecular complexity index is 1190. The summed E-state index contributed by atoms with van der Waals surface area (Å²) < 4.78 is 33.7. The Balaban J connectivity index is 1.41. The third kappa shape index (κ3) is 4.74. The average Bonchev–Trinajstić information content (AvgIpc) is 2.79. The van der Waals surface area contributed by atoms with Crippen LogP contribution >= 0.6 is 0 Å². The second kappa shape index (κ2) is 9.15. The molecule has 1 atom stereocenters. The Morgan fingerprint density at radius 3 is 2.55 bits per heavy atom. The van der Waals surface area contributed by atoms with E-state index in [9.17, 15) is 18.0 Å². The Kier molecular flexibility index (Phi) is 6.45. The van der Waals surface area contributed by atoms with Crippen LogP contribution in [0.5, 0.6) is 5.75 Å². The third-order valence-electron chi connectivity index (χ3n) is 6.36. The van der Waals surface area contributed by atoms with Crippen LogP contribution in [0.2, 0.25) is 0 Å². The molecule has 2 aromatic carbocycles. The van der Waals surface area contributed by atoms with E-state index in [1.54, 1.807) is 19.9 Å². The van der Waals surface area contributed by atoms with Gasteiger partial charge in [0.2, 0.25) is 15.9 Å². The predicted molar refractivity (Wildman–Crippen MR) is 124 cm³/mol. The number of nitrogens with one attached hydrogen (secondary N) is 2. The summed E-state index contributed by atoms with van der Waals surface area (Å²) in [6, 6.07) is 11.0. The summed E-state index contributed by atoms with van der Waals surface area (Å²) in [4.78, 5) is 24.6. The van der Waals surface area contributed by atoms with Crippen LogP contribution in [0.15, 0.2) is 41.3 Å². The summed E-state index contributed by atoms with van der Waals surface area (Å²) in [6.45, 7) is 6.33. The molecule has 2 N–H and O–H groups in total. The van der Waals surface area contributed by atoms with Gasteiger partial charge in [0.05, 0.1) is 10.6 Å². The van der Waals surface area contributed by atoms with Gasteiger partial charge in [-0.25, -0.2) is 8.42 Å². The molecule has 2 amide bonds. The number of sulfonamides is 1. The summed E-state index contributed by atoms with van der Waals surface area (Å²) in [6.07, 6.45) is 0.239. The maximum Gasteiger partial charge on any atom is 0.265 e. The molecule has 0 bridgehead atoms. The van der Waals surface area contributed by atoms with Crippen molar-refractivity contribution in [2.75, 3.05) is 18.4 Å². The van der Waals surface area contributed by atoms with Crippen LogP contribution in [0.1, 0.15) is 36.5 Å². The molecule has 0 spiro atoms. The smallest absolute Gasteiger partial charge is 0.265 e. The molecule has 1 unspecified atom stereocenters. The van der Waals surface area contributed by atoms with E-state index in [0.29, 0.717) is 36.4 Å². The van der Waals surface area contributed by atoms with Crippen LogP contribution in [-0.4, -0.2) is 43.7 Å². The molecule has 1 fully saturated rings. The molecule has 2 aromatic rings. The van der Waals surface area contributed by atoms with E-state index in [1.807, 2.05) is 31.2 Å². The Morgan fingerprint density at radius 1 is 1.15 bits per heavy atom. The second-order valence-electron chi connectivity index (χ2n) is 8.69. The lowest BCUT2D eigenvalue weighted by Crippen LogP contribution is -2.43. The quantitative estimate of drug-likeness (QED) is 0.698. The molecule has 0 aliphatic carbocycles. The highest BCUT2D eigenvalue weighted by Gasteiger charge is 2.34. The summed E-state index contributed by atoms with van der Waals surface area (Å²) in [7, 11) is -3.76. The number of carbonyl (C=O) groups excluding carboxylic acids is 2. The summed E-state index contributed by atoms with van der Waals surface area (Å²) in [5.74, 6) is -0.181. The SMILES string of the molecule is Cc1ccccc1CNC(=O)C1CCN(S(=O)(=O)c2cc3c(cc2C)NC(=O)C(C)O3)CC1. The molecule has 4 rings (SSSR count). The van der Waals surface area contributed by atoms with Gasteiger partial charge in [-0.05, 0) is 56.4 Å². The van der Waals surface area contributed by atoms with Crippen molar-refractivity contribution in [3.8, 4) is 5.75 Å². The lowest BCUT2D eigenvalue weighted by Gasteiger charge is -2.31. The van der Waals surface area contributed by atoms with Crippen molar-refractivity contribution < 1.29 is 22.7 Å². The number of rotatable bonds is 5. The number of amides is 2. The fourth-order valence-electron chi connectivity index (χ4n) is 4.25. The van der Waals surface area contributed by atoms with Gasteiger partial charge in [0.25, 0.3) is 5.91 Å². The number of nitrogens with zero attached hydrogens (tertiary/aromatic N) is 1. The molecule has 0 saturated carbocycles. The fraction of sp³-hybridized carbons (Fsp3) is 0.417. The highest BCUT2D eigenvalue weighted by molar-refractivity contribution is 7.89. The fourth-order valence-corrected chi connectivity index (χ4v) is 5.94. The van der Waals surface area contributed by atoms with Crippen LogP contribution in [-0.2, 0) is 26.2 Å². The van der Waals surface area contributed by atoms with Gasteiger partial charge in [-0.15, -0.1) is 0 Å².